The third kappa shape index (κ3) is 5.01. The summed E-state index contributed by atoms with van der Waals surface area (Å²) >= 11 is 0. The zero-order valence-electron chi connectivity index (χ0n) is 18.9. The Morgan fingerprint density at radius 1 is 0.848 bits per heavy atom. The summed E-state index contributed by atoms with van der Waals surface area (Å²) in [5.74, 6) is 1.16. The molecule has 0 fully saturated rings. The molecule has 0 unspecified atom stereocenters. The molecule has 0 saturated carbocycles. The Bertz CT molecular complexity index is 1290. The average molecular weight is 444 g/mol. The van der Waals surface area contributed by atoms with Gasteiger partial charge in [0.1, 0.15) is 24.2 Å². The van der Waals surface area contributed by atoms with E-state index in [1.165, 1.54) is 12.7 Å². The molecule has 1 heterocycles. The maximum atomic E-state index is 12.9. The molecular weight excluding hydrogens is 418 g/mol. The van der Waals surface area contributed by atoms with Crippen molar-refractivity contribution in [1.29, 1.82) is 0 Å². The lowest BCUT2D eigenvalue weighted by Crippen LogP contribution is -2.21. The van der Waals surface area contributed by atoms with Crippen molar-refractivity contribution in [3.8, 4) is 17.5 Å². The topological polar surface area (TPSA) is 98.3 Å². The van der Waals surface area contributed by atoms with E-state index in [9.17, 15) is 4.79 Å². The van der Waals surface area contributed by atoms with Gasteiger partial charge >= 0.3 is 12.0 Å². The zero-order valence-corrected chi connectivity index (χ0v) is 18.9. The van der Waals surface area contributed by atoms with E-state index >= 15 is 0 Å². The van der Waals surface area contributed by atoms with E-state index in [-0.39, 0.29) is 17.5 Å². The van der Waals surface area contributed by atoms with Crippen LogP contribution in [0.2, 0.25) is 0 Å². The van der Waals surface area contributed by atoms with Crippen molar-refractivity contribution in [3.05, 3.63) is 72.8 Å². The van der Waals surface area contributed by atoms with Gasteiger partial charge < -0.3 is 20.1 Å². The lowest BCUT2D eigenvalue weighted by Gasteiger charge is -2.21. The number of nitrogens with one attached hydrogen (secondary N) is 2. The summed E-state index contributed by atoms with van der Waals surface area (Å²) in [5, 5.41) is 7.46. The van der Waals surface area contributed by atoms with E-state index in [0.29, 0.717) is 22.9 Å². The molecule has 0 radical (unpaired) electrons. The SMILES string of the molecule is COc1ccc(C(C)(C)C)cc1NC(=O)Nc1ccc(Oc2ncncn2)c2ccccc12. The highest BCUT2D eigenvalue weighted by atomic mass is 16.5. The number of urea groups is 1. The highest BCUT2D eigenvalue weighted by molar-refractivity contribution is 6.08. The predicted molar refractivity (Wildman–Crippen MR) is 128 cm³/mol. The van der Waals surface area contributed by atoms with Crippen LogP contribution in [0.5, 0.6) is 17.5 Å². The van der Waals surface area contributed by atoms with Gasteiger partial charge in [-0.2, -0.15) is 9.97 Å². The van der Waals surface area contributed by atoms with Crippen LogP contribution < -0.4 is 20.1 Å². The first kappa shape index (κ1) is 22.0. The number of methoxy groups -OCH3 is 1. The summed E-state index contributed by atoms with van der Waals surface area (Å²) in [6.07, 6.45) is 2.74. The van der Waals surface area contributed by atoms with Gasteiger partial charge in [-0.05, 0) is 35.2 Å². The van der Waals surface area contributed by atoms with E-state index in [4.69, 9.17) is 9.47 Å². The minimum absolute atomic E-state index is 0.0657. The summed E-state index contributed by atoms with van der Waals surface area (Å²) in [6.45, 7) is 6.35. The minimum atomic E-state index is -0.379. The van der Waals surface area contributed by atoms with Crippen molar-refractivity contribution >= 4 is 28.2 Å². The van der Waals surface area contributed by atoms with Gasteiger partial charge in [0.25, 0.3) is 0 Å². The number of fused-ring (bicyclic) bond motifs is 1. The van der Waals surface area contributed by atoms with Crippen LogP contribution in [-0.4, -0.2) is 28.1 Å². The van der Waals surface area contributed by atoms with E-state index in [1.54, 1.807) is 19.2 Å². The van der Waals surface area contributed by atoms with Gasteiger partial charge in [0.15, 0.2) is 0 Å². The Labute approximate surface area is 192 Å². The van der Waals surface area contributed by atoms with Gasteiger partial charge in [-0.1, -0.05) is 51.1 Å². The third-order valence-corrected chi connectivity index (χ3v) is 5.12. The Balaban J connectivity index is 1.60. The molecular formula is C25H25N5O3. The first-order chi connectivity index (χ1) is 15.8. The van der Waals surface area contributed by atoms with Crippen molar-refractivity contribution < 1.29 is 14.3 Å². The van der Waals surface area contributed by atoms with Crippen LogP contribution in [0.15, 0.2) is 67.3 Å². The highest BCUT2D eigenvalue weighted by Crippen LogP contribution is 2.34. The quantitative estimate of drug-likeness (QED) is 0.406. The number of hydrogen-bond donors (Lipinski definition) is 2. The van der Waals surface area contributed by atoms with Gasteiger partial charge in [-0.25, -0.2) is 9.78 Å². The monoisotopic (exact) mass is 443 g/mol. The fourth-order valence-corrected chi connectivity index (χ4v) is 3.40. The molecule has 2 amide bonds. The minimum Gasteiger partial charge on any atom is -0.495 e. The van der Waals surface area contributed by atoms with Gasteiger partial charge in [0.05, 0.1) is 18.5 Å². The van der Waals surface area contributed by atoms with Crippen LogP contribution in [0, 0.1) is 0 Å². The molecule has 0 aliphatic heterocycles. The molecule has 8 nitrogen and oxygen atoms in total. The fraction of sp³-hybridized carbons (Fsp3) is 0.200. The molecule has 2 N–H and O–H groups in total. The third-order valence-electron chi connectivity index (χ3n) is 5.12. The molecule has 8 heteroatoms. The Hall–Kier alpha value is -4.20. The summed E-state index contributed by atoms with van der Waals surface area (Å²) in [6, 6.07) is 16.8. The molecule has 3 aromatic carbocycles. The normalized spacial score (nSPS) is 11.2. The largest absolute Gasteiger partial charge is 0.495 e. The number of benzene rings is 3. The van der Waals surface area contributed by atoms with Gasteiger partial charge in [-0.15, -0.1) is 0 Å². The second-order valence-corrected chi connectivity index (χ2v) is 8.42. The summed E-state index contributed by atoms with van der Waals surface area (Å²) in [7, 11) is 1.58. The summed E-state index contributed by atoms with van der Waals surface area (Å²) in [5.41, 5.74) is 2.26. The molecule has 0 aliphatic carbocycles. The van der Waals surface area contributed by atoms with Crippen molar-refractivity contribution in [2.45, 2.75) is 26.2 Å². The molecule has 0 bridgehead atoms. The molecule has 1 aromatic heterocycles. The molecule has 0 spiro atoms. The summed E-state index contributed by atoms with van der Waals surface area (Å²) < 4.78 is 11.2. The molecule has 0 saturated heterocycles. The Morgan fingerprint density at radius 3 is 2.21 bits per heavy atom. The van der Waals surface area contributed by atoms with E-state index in [0.717, 1.165) is 16.3 Å². The molecule has 4 rings (SSSR count). The summed E-state index contributed by atoms with van der Waals surface area (Å²) in [4.78, 5) is 24.7. The van der Waals surface area contributed by atoms with Crippen molar-refractivity contribution in [2.24, 2.45) is 0 Å². The number of anilines is 2. The first-order valence-corrected chi connectivity index (χ1v) is 10.4. The number of hydrogen-bond acceptors (Lipinski definition) is 6. The number of amides is 2. The number of carbonyl (C=O) groups is 1. The Kier molecular flexibility index (Phi) is 6.08. The highest BCUT2D eigenvalue weighted by Gasteiger charge is 2.17. The standard InChI is InChI=1S/C25H25N5O3/c1-25(2,3)16-9-11-22(32-4)20(13-16)30-23(31)29-19-10-12-21(18-8-6-5-7-17(18)19)33-24-27-14-26-15-28-24/h5-15H,1-4H3,(H2,29,30,31). The first-order valence-electron chi connectivity index (χ1n) is 10.4. The molecule has 33 heavy (non-hydrogen) atoms. The number of rotatable bonds is 5. The number of carbonyl (C=O) groups excluding carboxylic acids is 1. The van der Waals surface area contributed by atoms with Crippen molar-refractivity contribution in [1.82, 2.24) is 15.0 Å². The van der Waals surface area contributed by atoms with E-state index < -0.39 is 0 Å². The molecule has 0 aliphatic rings. The Morgan fingerprint density at radius 2 is 1.52 bits per heavy atom. The lowest BCUT2D eigenvalue weighted by atomic mass is 9.87. The lowest BCUT2D eigenvalue weighted by molar-refractivity contribution is 0.262. The van der Waals surface area contributed by atoms with Crippen molar-refractivity contribution in [3.63, 3.8) is 0 Å². The van der Waals surface area contributed by atoms with Gasteiger partial charge in [-0.3, -0.25) is 0 Å². The number of nitrogens with zero attached hydrogens (tertiary/aromatic N) is 3. The smallest absolute Gasteiger partial charge is 0.324 e. The van der Waals surface area contributed by atoms with Crippen LogP contribution in [0.3, 0.4) is 0 Å². The molecule has 0 atom stereocenters. The predicted octanol–water partition coefficient (Wildman–Crippen LogP) is 5.77. The van der Waals surface area contributed by atoms with Crippen LogP contribution in [0.4, 0.5) is 16.2 Å². The maximum Gasteiger partial charge on any atom is 0.324 e. The number of ether oxygens (including phenoxy) is 2. The van der Waals surface area contributed by atoms with Crippen LogP contribution >= 0.6 is 0 Å². The molecule has 4 aromatic rings. The fourth-order valence-electron chi connectivity index (χ4n) is 3.40. The van der Waals surface area contributed by atoms with Crippen molar-refractivity contribution in [2.75, 3.05) is 17.7 Å². The van der Waals surface area contributed by atoms with Crippen LogP contribution in [-0.2, 0) is 5.41 Å². The second-order valence-electron chi connectivity index (χ2n) is 8.42. The molecule has 168 valence electrons. The van der Waals surface area contributed by atoms with Crippen LogP contribution in [0.25, 0.3) is 10.8 Å². The zero-order chi connectivity index (χ0) is 23.4. The van der Waals surface area contributed by atoms with Gasteiger partial charge in [0, 0.05) is 10.8 Å². The number of aromatic nitrogens is 3. The second kappa shape index (κ2) is 9.12. The maximum absolute atomic E-state index is 12.9. The van der Waals surface area contributed by atoms with Crippen LogP contribution in [0.1, 0.15) is 26.3 Å². The average Bonchev–Trinajstić information content (AvgIpc) is 2.80. The van der Waals surface area contributed by atoms with Gasteiger partial charge in [0.2, 0.25) is 0 Å². The van der Waals surface area contributed by atoms with E-state index in [1.807, 2.05) is 42.5 Å². The van der Waals surface area contributed by atoms with E-state index in [2.05, 4.69) is 46.4 Å².